The molecule has 1 heterocycles. The van der Waals surface area contributed by atoms with Crippen molar-refractivity contribution in [1.82, 2.24) is 9.53 Å². The second kappa shape index (κ2) is 12.7. The van der Waals surface area contributed by atoms with Gasteiger partial charge in [0, 0.05) is 19.9 Å². The van der Waals surface area contributed by atoms with Crippen LogP contribution in [0.4, 0.5) is 0 Å². The Morgan fingerprint density at radius 1 is 0.667 bits per heavy atom. The van der Waals surface area contributed by atoms with E-state index in [9.17, 15) is 0 Å². The molecule has 0 aliphatic heterocycles. The lowest BCUT2D eigenvalue weighted by Crippen LogP contribution is -2.27. The van der Waals surface area contributed by atoms with Crippen molar-refractivity contribution in [3.05, 3.63) is 12.4 Å². The van der Waals surface area contributed by atoms with Crippen molar-refractivity contribution in [2.24, 2.45) is 7.05 Å². The molecule has 0 radical (unpaired) electrons. The number of ether oxygens (including phenoxy) is 4. The summed E-state index contributed by atoms with van der Waals surface area (Å²) in [5.41, 5.74) is 0. The zero-order valence-corrected chi connectivity index (χ0v) is 13.2. The highest BCUT2D eigenvalue weighted by Crippen LogP contribution is 1.87. The summed E-state index contributed by atoms with van der Waals surface area (Å²) in [6.07, 6.45) is 4.79. The standard InChI is InChI=1S/C14H28N2O5/c1-3-6-17-7-8-18-9-10-19-11-12-20-13-14-21-16-5-4-15(16)2/h4-5H,3,6-14H2,1-2H3. The highest BCUT2D eigenvalue weighted by Gasteiger charge is 1.96. The van der Waals surface area contributed by atoms with Crippen molar-refractivity contribution >= 4 is 0 Å². The van der Waals surface area contributed by atoms with Crippen LogP contribution in [0.2, 0.25) is 0 Å². The molecule has 0 bridgehead atoms. The Morgan fingerprint density at radius 3 is 1.52 bits per heavy atom. The smallest absolute Gasteiger partial charge is 0.140 e. The Labute approximate surface area is 126 Å². The minimum absolute atomic E-state index is 0.523. The van der Waals surface area contributed by atoms with E-state index < -0.39 is 0 Å². The quantitative estimate of drug-likeness (QED) is 0.447. The van der Waals surface area contributed by atoms with Gasteiger partial charge in [-0.05, 0) is 6.42 Å². The molecule has 0 aromatic carbocycles. The Kier molecular flexibility index (Phi) is 10.9. The van der Waals surface area contributed by atoms with E-state index in [4.69, 9.17) is 23.8 Å². The molecule has 0 N–H and O–H groups in total. The molecule has 1 aromatic rings. The molecule has 7 nitrogen and oxygen atoms in total. The van der Waals surface area contributed by atoms with Gasteiger partial charge in [-0.3, -0.25) is 4.68 Å². The van der Waals surface area contributed by atoms with E-state index in [-0.39, 0.29) is 0 Å². The zero-order chi connectivity index (χ0) is 15.2. The lowest BCUT2D eigenvalue weighted by Gasteiger charge is -2.16. The minimum atomic E-state index is 0.523. The fourth-order valence-corrected chi connectivity index (χ4v) is 1.48. The molecule has 124 valence electrons. The summed E-state index contributed by atoms with van der Waals surface area (Å²) in [6.45, 7) is 7.53. The van der Waals surface area contributed by atoms with E-state index >= 15 is 0 Å². The summed E-state index contributed by atoms with van der Waals surface area (Å²) in [5, 5.41) is 0. The third kappa shape index (κ3) is 9.52. The molecule has 21 heavy (non-hydrogen) atoms. The Bertz CT molecular complexity index is 327. The maximum absolute atomic E-state index is 5.38. The minimum Gasteiger partial charge on any atom is -0.396 e. The summed E-state index contributed by atoms with van der Waals surface area (Å²) in [5.74, 6) is 0. The molecular weight excluding hydrogens is 276 g/mol. The topological polar surface area (TPSA) is 56.0 Å². The van der Waals surface area contributed by atoms with Crippen LogP contribution >= 0.6 is 0 Å². The van der Waals surface area contributed by atoms with Crippen LogP contribution < -0.4 is 4.84 Å². The van der Waals surface area contributed by atoms with Crippen LogP contribution in [0, 0.1) is 0 Å². The maximum atomic E-state index is 5.38. The van der Waals surface area contributed by atoms with Crippen molar-refractivity contribution in [3.63, 3.8) is 0 Å². The van der Waals surface area contributed by atoms with Gasteiger partial charge in [-0.15, -0.1) is 4.85 Å². The zero-order valence-electron chi connectivity index (χ0n) is 13.2. The molecule has 7 heteroatoms. The maximum Gasteiger partial charge on any atom is 0.140 e. The van der Waals surface area contributed by atoms with Crippen LogP contribution in [0.5, 0.6) is 0 Å². The van der Waals surface area contributed by atoms with Crippen molar-refractivity contribution in [3.8, 4) is 0 Å². The SMILES string of the molecule is CCCOCCOCCOCCOCCOn1ccn1C. The first-order chi connectivity index (χ1) is 10.3. The van der Waals surface area contributed by atoms with Crippen LogP contribution in [0.1, 0.15) is 13.3 Å². The van der Waals surface area contributed by atoms with Crippen LogP contribution in [0.3, 0.4) is 0 Å². The molecule has 0 saturated heterocycles. The predicted molar refractivity (Wildman–Crippen MR) is 78.4 cm³/mol. The van der Waals surface area contributed by atoms with Gasteiger partial charge in [0.1, 0.15) is 6.61 Å². The van der Waals surface area contributed by atoms with Gasteiger partial charge in [0.2, 0.25) is 0 Å². The average molecular weight is 304 g/mol. The summed E-state index contributed by atoms with van der Waals surface area (Å²) < 4.78 is 23.2. The van der Waals surface area contributed by atoms with Gasteiger partial charge in [0.25, 0.3) is 0 Å². The second-order valence-corrected chi connectivity index (χ2v) is 4.46. The Balaban J connectivity index is 1.69. The van der Waals surface area contributed by atoms with Gasteiger partial charge in [-0.2, -0.15) is 0 Å². The van der Waals surface area contributed by atoms with Gasteiger partial charge in [-0.1, -0.05) is 6.92 Å². The van der Waals surface area contributed by atoms with Crippen LogP contribution in [-0.2, 0) is 26.0 Å². The molecule has 0 saturated carbocycles. The average Bonchev–Trinajstić information content (AvgIpc) is 2.49. The predicted octanol–water partition coefficient (Wildman–Crippen LogP) is 0.732. The molecule has 0 fully saturated rings. The molecule has 0 spiro atoms. The molecular formula is C14H28N2O5. The molecule has 1 aromatic heterocycles. The number of hydrogen-bond acceptors (Lipinski definition) is 5. The third-order valence-corrected chi connectivity index (χ3v) is 2.64. The normalized spacial score (nSPS) is 11.1. The van der Waals surface area contributed by atoms with Crippen molar-refractivity contribution < 1.29 is 23.8 Å². The second-order valence-electron chi connectivity index (χ2n) is 4.46. The van der Waals surface area contributed by atoms with Gasteiger partial charge in [-0.25, -0.2) is 0 Å². The molecule has 0 atom stereocenters. The van der Waals surface area contributed by atoms with E-state index in [2.05, 4.69) is 6.92 Å². The molecule has 0 aliphatic carbocycles. The molecule has 0 aliphatic rings. The number of aromatic nitrogens is 2. The van der Waals surface area contributed by atoms with E-state index in [0.717, 1.165) is 13.0 Å². The Hall–Kier alpha value is -1.02. The first kappa shape index (κ1) is 18.0. The van der Waals surface area contributed by atoms with E-state index in [1.165, 1.54) is 0 Å². The lowest BCUT2D eigenvalue weighted by molar-refractivity contribution is -0.0236. The van der Waals surface area contributed by atoms with Crippen LogP contribution in [0.25, 0.3) is 0 Å². The van der Waals surface area contributed by atoms with Gasteiger partial charge in [0.05, 0.1) is 52.4 Å². The summed E-state index contributed by atoms with van der Waals surface area (Å²) in [7, 11) is 1.91. The van der Waals surface area contributed by atoms with E-state index in [1.807, 2.05) is 24.1 Å². The molecule has 1 rings (SSSR count). The van der Waals surface area contributed by atoms with Crippen LogP contribution in [0.15, 0.2) is 12.4 Å². The monoisotopic (exact) mass is 304 g/mol. The molecule has 0 amide bonds. The number of hydrogen-bond donors (Lipinski definition) is 0. The highest BCUT2D eigenvalue weighted by molar-refractivity contribution is 4.69. The summed E-state index contributed by atoms with van der Waals surface area (Å²) in [6, 6.07) is 0. The fourth-order valence-electron chi connectivity index (χ4n) is 1.48. The van der Waals surface area contributed by atoms with Crippen molar-refractivity contribution in [2.45, 2.75) is 13.3 Å². The van der Waals surface area contributed by atoms with Crippen molar-refractivity contribution in [2.75, 3.05) is 59.5 Å². The molecule has 0 unspecified atom stereocenters. The van der Waals surface area contributed by atoms with Gasteiger partial charge in [0.15, 0.2) is 0 Å². The van der Waals surface area contributed by atoms with Crippen molar-refractivity contribution in [1.29, 1.82) is 0 Å². The Morgan fingerprint density at radius 2 is 1.14 bits per heavy atom. The fraction of sp³-hybridized carbons (Fsp3) is 0.857. The third-order valence-electron chi connectivity index (χ3n) is 2.64. The summed E-state index contributed by atoms with van der Waals surface area (Å²) >= 11 is 0. The van der Waals surface area contributed by atoms with Gasteiger partial charge < -0.3 is 23.8 Å². The largest absolute Gasteiger partial charge is 0.396 e. The van der Waals surface area contributed by atoms with E-state index in [0.29, 0.717) is 52.9 Å². The lowest BCUT2D eigenvalue weighted by atomic mass is 10.5. The summed E-state index contributed by atoms with van der Waals surface area (Å²) in [4.78, 5) is 7.02. The van der Waals surface area contributed by atoms with E-state index in [1.54, 1.807) is 4.85 Å². The first-order valence-corrected chi connectivity index (χ1v) is 7.48. The number of aryl methyl sites for hydroxylation is 1. The van der Waals surface area contributed by atoms with Gasteiger partial charge >= 0.3 is 0 Å². The number of rotatable bonds is 15. The van der Waals surface area contributed by atoms with Crippen LogP contribution in [-0.4, -0.2) is 69.0 Å². The number of nitrogens with zero attached hydrogens (tertiary/aromatic N) is 2. The first-order valence-electron chi connectivity index (χ1n) is 7.48. The highest BCUT2D eigenvalue weighted by atomic mass is 16.7.